The number of rotatable bonds is 7. The second-order valence-corrected chi connectivity index (χ2v) is 22.8. The third kappa shape index (κ3) is 5.00. The number of hydrogen-bond donors (Lipinski definition) is 0. The van der Waals surface area contributed by atoms with Crippen molar-refractivity contribution in [3.05, 3.63) is 105 Å². The Morgan fingerprint density at radius 1 is 0.564 bits per heavy atom. The number of benzene rings is 3. The highest BCUT2D eigenvalue weighted by Gasteiger charge is 2.56. The molecule has 4 rings (SSSR count). The summed E-state index contributed by atoms with van der Waals surface area (Å²) in [6.07, 6.45) is 4.78. The normalized spacial score (nSPS) is 19.3. The fraction of sp³-hybridized carbons (Fsp3) is 0.405. The van der Waals surface area contributed by atoms with Gasteiger partial charge < -0.3 is 0 Å². The molecule has 0 N–H and O–H groups in total. The second-order valence-electron chi connectivity index (χ2n) is 13.5. The van der Waals surface area contributed by atoms with Crippen LogP contribution >= 0.6 is 0 Å². The Morgan fingerprint density at radius 3 is 1.44 bits per heavy atom. The Hall–Kier alpha value is -2.43. The topological polar surface area (TPSA) is 0 Å². The first kappa shape index (κ1) is 29.6. The molecule has 0 fully saturated rings. The van der Waals surface area contributed by atoms with E-state index in [2.05, 4.69) is 143 Å². The van der Waals surface area contributed by atoms with Gasteiger partial charge in [0.25, 0.3) is 0 Å². The molecule has 2 unspecified atom stereocenters. The van der Waals surface area contributed by atoms with Crippen molar-refractivity contribution in [2.24, 2.45) is 0 Å². The summed E-state index contributed by atoms with van der Waals surface area (Å²) < 4.78 is 0. The van der Waals surface area contributed by atoms with Gasteiger partial charge in [0.2, 0.25) is 0 Å². The smallest absolute Gasteiger partial charge is 0.0730 e. The predicted octanol–water partition coefficient (Wildman–Crippen LogP) is 7.81. The largest absolute Gasteiger partial charge is 0.161 e. The van der Waals surface area contributed by atoms with Crippen LogP contribution in [0.4, 0.5) is 0 Å². The van der Waals surface area contributed by atoms with Crippen LogP contribution in [0.25, 0.3) is 0 Å². The van der Waals surface area contributed by atoms with Crippen LogP contribution in [-0.2, 0) is 12.8 Å². The lowest BCUT2D eigenvalue weighted by molar-refractivity contribution is 0.870. The molecular weight excluding hydrogens is 501 g/mol. The van der Waals surface area contributed by atoms with Gasteiger partial charge in [-0.15, -0.1) is 0 Å². The summed E-state index contributed by atoms with van der Waals surface area (Å²) in [7, 11) is -4.22. The van der Waals surface area contributed by atoms with Crippen LogP contribution in [0.2, 0.25) is 24.7 Å². The molecule has 0 heterocycles. The Bertz CT molecular complexity index is 1440. The van der Waals surface area contributed by atoms with Crippen LogP contribution in [-0.4, -0.2) is 16.1 Å². The molecular formula is C37H50Si2. The molecule has 1 aliphatic rings. The van der Waals surface area contributed by atoms with E-state index in [9.17, 15) is 0 Å². The molecule has 0 saturated carbocycles. The van der Waals surface area contributed by atoms with E-state index in [1.54, 1.807) is 26.3 Å². The summed E-state index contributed by atoms with van der Waals surface area (Å²) in [4.78, 5) is 0. The minimum absolute atomic E-state index is 0.0801. The first-order valence-corrected chi connectivity index (χ1v) is 20.4. The van der Waals surface area contributed by atoms with Gasteiger partial charge in [0.15, 0.2) is 8.07 Å². The number of aryl methyl sites for hydroxylation is 5. The van der Waals surface area contributed by atoms with Crippen molar-refractivity contribution < 1.29 is 0 Å². The third-order valence-electron chi connectivity index (χ3n) is 9.55. The first-order chi connectivity index (χ1) is 18.2. The third-order valence-corrected chi connectivity index (χ3v) is 17.1. The summed E-state index contributed by atoms with van der Waals surface area (Å²) in [6.45, 7) is 28.7. The molecule has 0 aliphatic heterocycles. The zero-order valence-electron chi connectivity index (χ0n) is 26.7. The van der Waals surface area contributed by atoms with Crippen molar-refractivity contribution >= 4 is 36.9 Å². The fourth-order valence-electron chi connectivity index (χ4n) is 7.13. The molecule has 2 heteroatoms. The van der Waals surface area contributed by atoms with Crippen molar-refractivity contribution in [2.45, 2.75) is 99.8 Å². The van der Waals surface area contributed by atoms with Crippen LogP contribution in [0.15, 0.2) is 77.4 Å². The zero-order valence-corrected chi connectivity index (χ0v) is 28.7. The SMILES string of the molecule is CCc1cc(CC)cc([Si](c2cc(C)cc(C)c2)(c2cc(C)cc([Si](C)(C)C)c2)C2(C)C=C(C)C(C)=C2C)c1. The van der Waals surface area contributed by atoms with Crippen LogP contribution in [0, 0.1) is 20.8 Å². The Labute approximate surface area is 241 Å². The lowest BCUT2D eigenvalue weighted by Crippen LogP contribution is -2.73. The maximum Gasteiger partial charge on any atom is 0.161 e. The van der Waals surface area contributed by atoms with E-state index in [4.69, 9.17) is 0 Å². The minimum Gasteiger partial charge on any atom is -0.0730 e. The van der Waals surface area contributed by atoms with Gasteiger partial charge >= 0.3 is 0 Å². The number of hydrogen-bond acceptors (Lipinski definition) is 0. The van der Waals surface area contributed by atoms with Gasteiger partial charge in [-0.3, -0.25) is 0 Å². The summed E-state index contributed by atoms with van der Waals surface area (Å²) in [5.41, 5.74) is 11.5. The lowest BCUT2D eigenvalue weighted by Gasteiger charge is -2.48. The van der Waals surface area contributed by atoms with E-state index in [-0.39, 0.29) is 5.04 Å². The summed E-state index contributed by atoms with van der Waals surface area (Å²) >= 11 is 0. The van der Waals surface area contributed by atoms with E-state index in [1.807, 2.05) is 0 Å². The van der Waals surface area contributed by atoms with Gasteiger partial charge in [0.1, 0.15) is 0 Å². The molecule has 1 aliphatic carbocycles. The molecule has 3 aromatic rings. The van der Waals surface area contributed by atoms with Crippen molar-refractivity contribution in [1.82, 2.24) is 0 Å². The maximum atomic E-state index is 2.66. The highest BCUT2D eigenvalue weighted by atomic mass is 28.3. The molecule has 39 heavy (non-hydrogen) atoms. The van der Waals surface area contributed by atoms with E-state index in [0.717, 1.165) is 12.8 Å². The quantitative estimate of drug-likeness (QED) is 0.208. The van der Waals surface area contributed by atoms with Gasteiger partial charge in [0, 0.05) is 5.04 Å². The van der Waals surface area contributed by atoms with Gasteiger partial charge in [-0.1, -0.05) is 134 Å². The molecule has 0 radical (unpaired) electrons. The van der Waals surface area contributed by atoms with Gasteiger partial charge in [-0.25, -0.2) is 0 Å². The minimum atomic E-state index is -2.67. The first-order valence-electron chi connectivity index (χ1n) is 14.9. The van der Waals surface area contributed by atoms with E-state index in [1.165, 1.54) is 39.0 Å². The van der Waals surface area contributed by atoms with Gasteiger partial charge in [0.05, 0.1) is 8.07 Å². The molecule has 2 atom stereocenters. The van der Waals surface area contributed by atoms with E-state index in [0.29, 0.717) is 0 Å². The summed E-state index contributed by atoms with van der Waals surface area (Å²) in [5, 5.41) is 6.17. The lowest BCUT2D eigenvalue weighted by atomic mass is 10.0. The molecule has 0 amide bonds. The van der Waals surface area contributed by atoms with Crippen molar-refractivity contribution in [3.8, 4) is 0 Å². The van der Waals surface area contributed by atoms with Gasteiger partial charge in [-0.05, 0) is 86.6 Å². The highest BCUT2D eigenvalue weighted by molar-refractivity contribution is 7.14. The van der Waals surface area contributed by atoms with Crippen LogP contribution in [0.5, 0.6) is 0 Å². The van der Waals surface area contributed by atoms with Crippen molar-refractivity contribution in [2.75, 3.05) is 0 Å². The molecule has 0 aromatic heterocycles. The molecule has 0 spiro atoms. The van der Waals surface area contributed by atoms with Crippen LogP contribution < -0.4 is 20.7 Å². The molecule has 0 bridgehead atoms. The standard InChI is InChI=1S/C37H50Si2/c1-13-31-20-32(14-2)22-36(21-31)39(34-17-25(3)15-26(4)18-34,37(9)24-28(6)29(7)30(37)8)35-19-27(5)16-33(23-35)38(10,11)12/h15-24H,13-14H2,1-12H3. The van der Waals surface area contributed by atoms with Crippen LogP contribution in [0.3, 0.4) is 0 Å². The average molecular weight is 551 g/mol. The molecule has 206 valence electrons. The molecule has 0 nitrogen and oxygen atoms in total. The Balaban J connectivity index is 2.33. The monoisotopic (exact) mass is 550 g/mol. The number of allylic oxidation sites excluding steroid dienone is 4. The fourth-order valence-corrected chi connectivity index (χ4v) is 15.0. The van der Waals surface area contributed by atoms with Gasteiger partial charge in [-0.2, -0.15) is 0 Å². The highest BCUT2D eigenvalue weighted by Crippen LogP contribution is 2.53. The average Bonchev–Trinajstić information content (AvgIpc) is 3.05. The zero-order chi connectivity index (χ0) is 28.9. The second kappa shape index (κ2) is 10.5. The predicted molar refractivity (Wildman–Crippen MR) is 180 cm³/mol. The van der Waals surface area contributed by atoms with Crippen molar-refractivity contribution in [3.63, 3.8) is 0 Å². The molecule has 0 saturated heterocycles. The van der Waals surface area contributed by atoms with Crippen LogP contribution in [0.1, 0.15) is 69.4 Å². The van der Waals surface area contributed by atoms with E-state index < -0.39 is 16.1 Å². The Morgan fingerprint density at radius 2 is 1.00 bits per heavy atom. The van der Waals surface area contributed by atoms with Crippen molar-refractivity contribution in [1.29, 1.82) is 0 Å². The maximum absolute atomic E-state index is 2.67. The van der Waals surface area contributed by atoms with E-state index >= 15 is 0 Å². The summed E-state index contributed by atoms with van der Waals surface area (Å²) in [5.74, 6) is 0. The summed E-state index contributed by atoms with van der Waals surface area (Å²) in [6, 6.07) is 22.7. The molecule has 3 aromatic carbocycles. The Kier molecular flexibility index (Phi) is 7.97.